The smallest absolute Gasteiger partial charge is 0.460 e. The molecular weight excluding hydrogens is 442 g/mol. The second-order valence-electron chi connectivity index (χ2n) is 8.58. The highest BCUT2D eigenvalue weighted by molar-refractivity contribution is 7.87. The molecule has 0 aromatic rings. The van der Waals surface area contributed by atoms with Crippen LogP contribution in [0.15, 0.2) is 0 Å². The lowest BCUT2D eigenvalue weighted by Crippen LogP contribution is -2.49. The van der Waals surface area contributed by atoms with Crippen molar-refractivity contribution < 1.29 is 50.3 Å². The summed E-state index contributed by atoms with van der Waals surface area (Å²) in [6.45, 7) is 2.00. The third-order valence-corrected chi connectivity index (χ3v) is 7.72. The third-order valence-electron chi connectivity index (χ3n) is 6.91. The number of carbonyl (C=O) groups is 3. The largest absolute Gasteiger partial charge is 0.465 e. The molecule has 2 bridgehead atoms. The Morgan fingerprint density at radius 2 is 1.81 bits per heavy atom. The SMILES string of the molecule is CCC1(OC(=O)C2CC3CC2C(OC(=O)C(F)(F)S(=O)(=O)O)C3OC=O)CCCCC1. The molecule has 3 aliphatic carbocycles. The molecule has 3 aliphatic rings. The van der Waals surface area contributed by atoms with E-state index in [0.29, 0.717) is 6.42 Å². The summed E-state index contributed by atoms with van der Waals surface area (Å²) in [7, 11) is -6.06. The molecule has 0 amide bonds. The van der Waals surface area contributed by atoms with Crippen LogP contribution in [0.2, 0.25) is 0 Å². The van der Waals surface area contributed by atoms with Gasteiger partial charge in [-0.3, -0.25) is 14.1 Å². The van der Waals surface area contributed by atoms with Crippen molar-refractivity contribution in [3.05, 3.63) is 0 Å². The first-order valence-corrected chi connectivity index (χ1v) is 11.8. The molecule has 176 valence electrons. The van der Waals surface area contributed by atoms with E-state index >= 15 is 0 Å². The Labute approximate surface area is 178 Å². The van der Waals surface area contributed by atoms with E-state index in [1.165, 1.54) is 0 Å². The number of fused-ring (bicyclic) bond motifs is 2. The number of carbonyl (C=O) groups excluding carboxylic acids is 3. The number of esters is 2. The van der Waals surface area contributed by atoms with E-state index in [1.807, 2.05) is 6.92 Å². The van der Waals surface area contributed by atoms with Crippen LogP contribution < -0.4 is 0 Å². The summed E-state index contributed by atoms with van der Waals surface area (Å²) >= 11 is 0. The van der Waals surface area contributed by atoms with Crippen LogP contribution in [-0.4, -0.2) is 54.4 Å². The molecule has 3 rings (SSSR count). The maximum atomic E-state index is 13.7. The van der Waals surface area contributed by atoms with Crippen molar-refractivity contribution in [2.75, 3.05) is 0 Å². The van der Waals surface area contributed by atoms with Gasteiger partial charge in [-0.15, -0.1) is 0 Å². The highest BCUT2D eigenvalue weighted by Crippen LogP contribution is 2.52. The maximum absolute atomic E-state index is 13.7. The first kappa shape index (κ1) is 23.8. The van der Waals surface area contributed by atoms with Crippen LogP contribution in [0.1, 0.15) is 58.3 Å². The van der Waals surface area contributed by atoms with Crippen molar-refractivity contribution in [3.63, 3.8) is 0 Å². The third kappa shape index (κ3) is 4.41. The molecule has 9 nitrogen and oxygen atoms in total. The second-order valence-corrected chi connectivity index (χ2v) is 10.0. The monoisotopic (exact) mass is 468 g/mol. The Kier molecular flexibility index (Phi) is 6.62. The zero-order valence-corrected chi connectivity index (χ0v) is 17.8. The Bertz CT molecular complexity index is 822. The molecular formula is C19H26F2O9S. The molecule has 0 heterocycles. The first-order chi connectivity index (χ1) is 14.5. The molecule has 0 spiro atoms. The summed E-state index contributed by atoms with van der Waals surface area (Å²) in [5, 5.41) is -5.19. The summed E-state index contributed by atoms with van der Waals surface area (Å²) in [4.78, 5) is 35.6. The topological polar surface area (TPSA) is 133 Å². The normalized spacial score (nSPS) is 32.3. The molecule has 1 N–H and O–H groups in total. The average molecular weight is 468 g/mol. The van der Waals surface area contributed by atoms with Gasteiger partial charge in [-0.25, -0.2) is 4.79 Å². The molecule has 12 heteroatoms. The molecule has 0 radical (unpaired) electrons. The van der Waals surface area contributed by atoms with Gasteiger partial charge in [-0.1, -0.05) is 13.3 Å². The maximum Gasteiger partial charge on any atom is 0.465 e. The van der Waals surface area contributed by atoms with Crippen molar-refractivity contribution in [3.8, 4) is 0 Å². The Morgan fingerprint density at radius 3 is 2.35 bits per heavy atom. The standard InChI is InChI=1S/C19H26F2O9S/c1-2-18(6-4-3-5-7-18)30-16(23)13-9-11-8-12(13)15(14(11)28-10-22)29-17(24)19(20,21)31(25,26)27/h10-15H,2-9H2,1H3,(H,25,26,27). The van der Waals surface area contributed by atoms with E-state index in [1.54, 1.807) is 0 Å². The number of hydrogen-bond acceptors (Lipinski definition) is 8. The quantitative estimate of drug-likeness (QED) is 0.246. The fourth-order valence-electron chi connectivity index (χ4n) is 5.24. The van der Waals surface area contributed by atoms with Crippen LogP contribution in [0.25, 0.3) is 0 Å². The lowest BCUT2D eigenvalue weighted by atomic mass is 9.81. The van der Waals surface area contributed by atoms with E-state index in [-0.39, 0.29) is 19.3 Å². The van der Waals surface area contributed by atoms with Gasteiger partial charge in [0.15, 0.2) is 0 Å². The summed E-state index contributed by atoms with van der Waals surface area (Å²) in [5.41, 5.74) is -0.583. The van der Waals surface area contributed by atoms with E-state index in [2.05, 4.69) is 0 Å². The molecule has 3 saturated carbocycles. The van der Waals surface area contributed by atoms with Gasteiger partial charge in [0, 0.05) is 11.8 Å². The number of rotatable bonds is 8. The van der Waals surface area contributed by atoms with Crippen molar-refractivity contribution in [2.45, 2.75) is 81.4 Å². The lowest BCUT2D eigenvalue weighted by Gasteiger charge is -2.39. The van der Waals surface area contributed by atoms with Crippen molar-refractivity contribution in [1.82, 2.24) is 0 Å². The highest BCUT2D eigenvalue weighted by Gasteiger charge is 2.62. The fraction of sp³-hybridized carbons (Fsp3) is 0.842. The minimum atomic E-state index is -6.06. The Hall–Kier alpha value is -1.82. The zero-order valence-electron chi connectivity index (χ0n) is 17.0. The minimum Gasteiger partial charge on any atom is -0.460 e. The van der Waals surface area contributed by atoms with Crippen LogP contribution in [0, 0.1) is 17.8 Å². The molecule has 5 unspecified atom stereocenters. The number of hydrogen-bond donors (Lipinski definition) is 1. The van der Waals surface area contributed by atoms with Crippen LogP contribution in [0.5, 0.6) is 0 Å². The van der Waals surface area contributed by atoms with E-state index in [4.69, 9.17) is 18.8 Å². The molecule has 31 heavy (non-hydrogen) atoms. The molecule has 5 atom stereocenters. The molecule has 0 saturated heterocycles. The number of halogens is 2. The van der Waals surface area contributed by atoms with Gasteiger partial charge in [0.2, 0.25) is 0 Å². The Balaban J connectivity index is 1.77. The summed E-state index contributed by atoms with van der Waals surface area (Å²) < 4.78 is 73.1. The van der Waals surface area contributed by atoms with E-state index < -0.39 is 62.9 Å². The predicted octanol–water partition coefficient (Wildman–Crippen LogP) is 2.23. The van der Waals surface area contributed by atoms with Crippen molar-refractivity contribution in [2.24, 2.45) is 17.8 Å². The Morgan fingerprint density at radius 1 is 1.16 bits per heavy atom. The summed E-state index contributed by atoms with van der Waals surface area (Å²) in [5.74, 6) is -4.99. The molecule has 0 aliphatic heterocycles. The van der Waals surface area contributed by atoms with Crippen LogP contribution in [0.3, 0.4) is 0 Å². The zero-order chi connectivity index (χ0) is 23.0. The number of ether oxygens (including phenoxy) is 3. The van der Waals surface area contributed by atoms with E-state index in [9.17, 15) is 31.6 Å². The van der Waals surface area contributed by atoms with E-state index in [0.717, 1.165) is 32.1 Å². The fourth-order valence-corrected chi connectivity index (χ4v) is 5.50. The predicted molar refractivity (Wildman–Crippen MR) is 99.2 cm³/mol. The van der Waals surface area contributed by atoms with Gasteiger partial charge in [0.05, 0.1) is 5.92 Å². The first-order valence-electron chi connectivity index (χ1n) is 10.3. The number of alkyl halides is 2. The van der Waals surface area contributed by atoms with Crippen molar-refractivity contribution in [1.29, 1.82) is 0 Å². The summed E-state index contributed by atoms with van der Waals surface area (Å²) in [6, 6.07) is 0. The van der Waals surface area contributed by atoms with Crippen LogP contribution in [0.4, 0.5) is 8.78 Å². The molecule has 0 aromatic carbocycles. The highest BCUT2D eigenvalue weighted by atomic mass is 32.2. The van der Waals surface area contributed by atoms with Gasteiger partial charge >= 0.3 is 27.3 Å². The molecule has 0 aromatic heterocycles. The minimum absolute atomic E-state index is 0.0779. The van der Waals surface area contributed by atoms with Gasteiger partial charge in [-0.2, -0.15) is 17.2 Å². The second kappa shape index (κ2) is 8.61. The van der Waals surface area contributed by atoms with Crippen molar-refractivity contribution >= 4 is 28.5 Å². The lowest BCUT2D eigenvalue weighted by molar-refractivity contribution is -0.189. The van der Waals surface area contributed by atoms with Gasteiger partial charge in [0.25, 0.3) is 6.47 Å². The van der Waals surface area contributed by atoms with Gasteiger partial charge in [0.1, 0.15) is 17.8 Å². The molecule has 3 fully saturated rings. The summed E-state index contributed by atoms with van der Waals surface area (Å²) in [6.07, 6.45) is 2.98. The van der Waals surface area contributed by atoms with Crippen LogP contribution in [-0.2, 0) is 38.7 Å². The van der Waals surface area contributed by atoms with Crippen LogP contribution >= 0.6 is 0 Å². The van der Waals surface area contributed by atoms with Gasteiger partial charge < -0.3 is 14.2 Å². The van der Waals surface area contributed by atoms with Gasteiger partial charge in [-0.05, 0) is 44.9 Å². The average Bonchev–Trinajstić information content (AvgIpc) is 3.27.